The fourth-order valence-corrected chi connectivity index (χ4v) is 2.25. The Morgan fingerprint density at radius 2 is 1.74 bits per heavy atom. The van der Waals surface area contributed by atoms with Crippen LogP contribution in [0.4, 0.5) is 5.69 Å². The van der Waals surface area contributed by atoms with Crippen LogP contribution in [-0.4, -0.2) is 18.0 Å². The van der Waals surface area contributed by atoms with Crippen LogP contribution in [0.3, 0.4) is 0 Å². The second-order valence-corrected chi connectivity index (χ2v) is 5.95. The first kappa shape index (κ1) is 17.6. The molecule has 0 aliphatic carbocycles. The van der Waals surface area contributed by atoms with Gasteiger partial charge in [0.2, 0.25) is 0 Å². The fraction of sp³-hybridized carbons (Fsp3) is 0.125. The van der Waals surface area contributed by atoms with Gasteiger partial charge in [-0.1, -0.05) is 40.9 Å². The van der Waals surface area contributed by atoms with Gasteiger partial charge in [0.25, 0.3) is 5.91 Å². The number of rotatable bonds is 4. The maximum atomic E-state index is 12.1. The maximum absolute atomic E-state index is 12.1. The van der Waals surface area contributed by atoms with Gasteiger partial charge in [-0.2, -0.15) is 0 Å². The third-order valence-corrected chi connectivity index (χ3v) is 3.70. The predicted octanol–water partition coefficient (Wildman–Crippen LogP) is 4.83. The molecule has 0 spiro atoms. The normalized spacial score (nSPS) is 11.7. The van der Waals surface area contributed by atoms with Crippen LogP contribution in [0.2, 0.25) is 15.1 Å². The summed E-state index contributed by atoms with van der Waals surface area (Å²) < 4.78 is 5.11. The molecule has 7 heteroatoms. The molecule has 2 aromatic carbocycles. The number of halogens is 3. The maximum Gasteiger partial charge on any atom is 0.338 e. The highest BCUT2D eigenvalue weighted by molar-refractivity contribution is 6.35. The van der Waals surface area contributed by atoms with E-state index in [0.29, 0.717) is 20.8 Å². The third-order valence-electron chi connectivity index (χ3n) is 2.90. The highest BCUT2D eigenvalue weighted by atomic mass is 35.5. The number of anilines is 1. The average Bonchev–Trinajstić information content (AvgIpc) is 2.50. The largest absolute Gasteiger partial charge is 0.449 e. The lowest BCUT2D eigenvalue weighted by Crippen LogP contribution is -2.30. The zero-order chi connectivity index (χ0) is 17.0. The minimum Gasteiger partial charge on any atom is -0.449 e. The fourth-order valence-electron chi connectivity index (χ4n) is 1.73. The van der Waals surface area contributed by atoms with E-state index in [1.165, 1.54) is 19.1 Å². The van der Waals surface area contributed by atoms with Gasteiger partial charge in [0, 0.05) is 10.0 Å². The molecular weight excluding hydrogens is 361 g/mol. The summed E-state index contributed by atoms with van der Waals surface area (Å²) in [5, 5.41) is 3.72. The van der Waals surface area contributed by atoms with Gasteiger partial charge in [-0.05, 0) is 43.3 Å². The third kappa shape index (κ3) is 4.86. The van der Waals surface area contributed by atoms with Crippen molar-refractivity contribution in [3.05, 3.63) is 63.1 Å². The first-order chi connectivity index (χ1) is 10.9. The topological polar surface area (TPSA) is 55.4 Å². The van der Waals surface area contributed by atoms with Crippen LogP contribution in [-0.2, 0) is 9.53 Å². The minimum absolute atomic E-state index is 0.262. The summed E-state index contributed by atoms with van der Waals surface area (Å²) in [5.74, 6) is -1.17. The summed E-state index contributed by atoms with van der Waals surface area (Å²) in [4.78, 5) is 24.1. The molecule has 0 aromatic heterocycles. The second-order valence-electron chi connectivity index (χ2n) is 4.67. The van der Waals surface area contributed by atoms with Crippen molar-refractivity contribution in [1.82, 2.24) is 0 Å². The molecule has 0 fully saturated rings. The molecule has 1 unspecified atom stereocenters. The lowest BCUT2D eigenvalue weighted by atomic mass is 10.2. The summed E-state index contributed by atoms with van der Waals surface area (Å²) in [6, 6.07) is 10.9. The van der Waals surface area contributed by atoms with E-state index in [-0.39, 0.29) is 5.56 Å². The molecule has 2 aromatic rings. The van der Waals surface area contributed by atoms with Gasteiger partial charge in [-0.25, -0.2) is 4.79 Å². The zero-order valence-electron chi connectivity index (χ0n) is 12.0. The van der Waals surface area contributed by atoms with E-state index in [2.05, 4.69) is 5.32 Å². The molecule has 1 N–H and O–H groups in total. The van der Waals surface area contributed by atoms with Crippen molar-refractivity contribution in [2.45, 2.75) is 13.0 Å². The first-order valence-electron chi connectivity index (χ1n) is 6.59. The van der Waals surface area contributed by atoms with E-state index in [1.54, 1.807) is 30.3 Å². The molecule has 0 saturated heterocycles. The molecule has 4 nitrogen and oxygen atoms in total. The molecule has 23 heavy (non-hydrogen) atoms. The Labute approximate surface area is 148 Å². The van der Waals surface area contributed by atoms with Crippen molar-refractivity contribution in [3.8, 4) is 0 Å². The van der Waals surface area contributed by atoms with E-state index < -0.39 is 18.0 Å². The number of hydrogen-bond acceptors (Lipinski definition) is 3. The molecule has 0 bridgehead atoms. The Balaban J connectivity index is 2.02. The van der Waals surface area contributed by atoms with Gasteiger partial charge < -0.3 is 10.1 Å². The summed E-state index contributed by atoms with van der Waals surface area (Å²) in [5.41, 5.74) is 0.604. The Kier molecular flexibility index (Phi) is 5.88. The van der Waals surface area contributed by atoms with Gasteiger partial charge in [-0.15, -0.1) is 0 Å². The zero-order valence-corrected chi connectivity index (χ0v) is 14.2. The predicted molar refractivity (Wildman–Crippen MR) is 91.4 cm³/mol. The van der Waals surface area contributed by atoms with Crippen molar-refractivity contribution in [2.75, 3.05) is 5.32 Å². The highest BCUT2D eigenvalue weighted by Crippen LogP contribution is 2.25. The van der Waals surface area contributed by atoms with Crippen LogP contribution in [0.15, 0.2) is 42.5 Å². The Hall–Kier alpha value is -1.75. The number of esters is 1. The molecule has 120 valence electrons. The van der Waals surface area contributed by atoms with E-state index in [0.717, 1.165) is 0 Å². The molecular formula is C16H12Cl3NO3. The quantitative estimate of drug-likeness (QED) is 0.782. The number of hydrogen-bond donors (Lipinski definition) is 1. The van der Waals surface area contributed by atoms with Gasteiger partial charge in [0.15, 0.2) is 6.10 Å². The highest BCUT2D eigenvalue weighted by Gasteiger charge is 2.20. The van der Waals surface area contributed by atoms with Crippen molar-refractivity contribution >= 4 is 52.4 Å². The average molecular weight is 373 g/mol. The molecule has 0 saturated carbocycles. The minimum atomic E-state index is -1.02. The smallest absolute Gasteiger partial charge is 0.338 e. The molecule has 0 heterocycles. The number of amides is 1. The Morgan fingerprint density at radius 1 is 1.04 bits per heavy atom. The van der Waals surface area contributed by atoms with Gasteiger partial charge in [-0.3, -0.25) is 4.79 Å². The molecule has 1 amide bonds. The Bertz CT molecular complexity index is 749. The summed E-state index contributed by atoms with van der Waals surface area (Å²) in [7, 11) is 0. The molecule has 0 radical (unpaired) electrons. The number of carbonyl (C=O) groups excluding carboxylic acids is 2. The van der Waals surface area contributed by atoms with E-state index >= 15 is 0 Å². The standard InChI is InChI=1S/C16H12Cl3NO3/c1-9(23-16(22)10-3-2-4-11(17)7-10)15(21)20-14-8-12(18)5-6-13(14)19/h2-9H,1H3,(H,20,21). The van der Waals surface area contributed by atoms with Crippen LogP contribution >= 0.6 is 34.8 Å². The number of benzene rings is 2. The molecule has 1 atom stereocenters. The number of carbonyl (C=O) groups is 2. The second kappa shape index (κ2) is 7.68. The monoisotopic (exact) mass is 371 g/mol. The van der Waals surface area contributed by atoms with E-state index in [4.69, 9.17) is 39.5 Å². The van der Waals surface area contributed by atoms with Crippen LogP contribution in [0, 0.1) is 0 Å². The molecule has 2 rings (SSSR count). The Morgan fingerprint density at radius 3 is 2.43 bits per heavy atom. The van der Waals surface area contributed by atoms with E-state index in [1.807, 2.05) is 0 Å². The van der Waals surface area contributed by atoms with Crippen molar-refractivity contribution < 1.29 is 14.3 Å². The van der Waals surface area contributed by atoms with Crippen molar-refractivity contribution in [2.24, 2.45) is 0 Å². The first-order valence-corrected chi connectivity index (χ1v) is 7.72. The van der Waals surface area contributed by atoms with E-state index in [9.17, 15) is 9.59 Å². The van der Waals surface area contributed by atoms with Crippen LogP contribution in [0.1, 0.15) is 17.3 Å². The van der Waals surface area contributed by atoms with Gasteiger partial charge in [0.1, 0.15) is 0 Å². The summed E-state index contributed by atoms with van der Waals surface area (Å²) in [6.45, 7) is 1.45. The van der Waals surface area contributed by atoms with Gasteiger partial charge >= 0.3 is 5.97 Å². The van der Waals surface area contributed by atoms with Crippen LogP contribution in [0.5, 0.6) is 0 Å². The van der Waals surface area contributed by atoms with Crippen molar-refractivity contribution in [1.29, 1.82) is 0 Å². The van der Waals surface area contributed by atoms with Crippen LogP contribution < -0.4 is 5.32 Å². The number of nitrogens with one attached hydrogen (secondary N) is 1. The lowest BCUT2D eigenvalue weighted by molar-refractivity contribution is -0.123. The lowest BCUT2D eigenvalue weighted by Gasteiger charge is -2.14. The SMILES string of the molecule is CC(OC(=O)c1cccc(Cl)c1)C(=O)Nc1cc(Cl)ccc1Cl. The summed E-state index contributed by atoms with van der Waals surface area (Å²) >= 11 is 17.6. The summed E-state index contributed by atoms with van der Waals surface area (Å²) in [6.07, 6.45) is -1.02. The molecule has 0 aliphatic heterocycles. The molecule has 0 aliphatic rings. The number of ether oxygens (including phenoxy) is 1. The van der Waals surface area contributed by atoms with Crippen LogP contribution in [0.25, 0.3) is 0 Å². The van der Waals surface area contributed by atoms with Crippen molar-refractivity contribution in [3.63, 3.8) is 0 Å². The van der Waals surface area contributed by atoms with Gasteiger partial charge in [0.05, 0.1) is 16.3 Å².